The number of halogens is 1. The Morgan fingerprint density at radius 3 is 2.78 bits per heavy atom. The molecule has 2 amide bonds. The van der Waals surface area contributed by atoms with Crippen LogP contribution in [0.4, 0.5) is 0 Å². The number of nitrogens with one attached hydrogen (secondary N) is 1. The average Bonchev–Trinajstić information content (AvgIpc) is 2.99. The molecule has 2 aromatic rings. The van der Waals surface area contributed by atoms with Crippen molar-refractivity contribution in [3.8, 4) is 0 Å². The molecule has 1 saturated heterocycles. The van der Waals surface area contributed by atoms with Crippen LogP contribution in [-0.4, -0.2) is 28.2 Å². The summed E-state index contributed by atoms with van der Waals surface area (Å²) in [4.78, 5) is 31.3. The smallest absolute Gasteiger partial charge is 0.226 e. The summed E-state index contributed by atoms with van der Waals surface area (Å²) in [6.07, 6.45) is 4.97. The first-order valence-electron chi connectivity index (χ1n) is 9.31. The lowest BCUT2D eigenvalue weighted by molar-refractivity contribution is -0.130. The van der Waals surface area contributed by atoms with Crippen LogP contribution in [0.5, 0.6) is 0 Å². The molecular weight excluding hydrogens is 406 g/mol. The fraction of sp³-hybridized carbons (Fsp3) is 0.381. The van der Waals surface area contributed by atoms with Gasteiger partial charge in [0.25, 0.3) is 0 Å². The number of carbonyl (C=O) groups is 2. The van der Waals surface area contributed by atoms with E-state index >= 15 is 0 Å². The van der Waals surface area contributed by atoms with Crippen LogP contribution in [0.2, 0.25) is 0 Å². The first-order valence-corrected chi connectivity index (χ1v) is 10.1. The van der Waals surface area contributed by atoms with Crippen LogP contribution in [0.1, 0.15) is 36.9 Å². The number of rotatable bonds is 5. The van der Waals surface area contributed by atoms with Crippen molar-refractivity contribution in [2.24, 2.45) is 5.92 Å². The van der Waals surface area contributed by atoms with E-state index in [1.54, 1.807) is 11.1 Å². The first-order chi connectivity index (χ1) is 13.1. The van der Waals surface area contributed by atoms with Gasteiger partial charge in [-0.2, -0.15) is 0 Å². The second-order valence-electron chi connectivity index (χ2n) is 7.43. The molecule has 0 radical (unpaired) electrons. The number of nitrogens with zero attached hydrogens (tertiary/aromatic N) is 2. The van der Waals surface area contributed by atoms with Gasteiger partial charge in [0.15, 0.2) is 0 Å². The van der Waals surface area contributed by atoms with Crippen molar-refractivity contribution in [3.05, 3.63) is 64.4 Å². The van der Waals surface area contributed by atoms with Crippen molar-refractivity contribution in [1.82, 2.24) is 15.2 Å². The molecule has 2 aliphatic rings. The molecule has 4 rings (SSSR count). The Morgan fingerprint density at radius 2 is 2.11 bits per heavy atom. The highest BCUT2D eigenvalue weighted by molar-refractivity contribution is 9.10. The molecule has 1 atom stereocenters. The Morgan fingerprint density at radius 1 is 1.26 bits per heavy atom. The van der Waals surface area contributed by atoms with E-state index in [1.807, 2.05) is 30.3 Å². The van der Waals surface area contributed by atoms with Gasteiger partial charge in [0.1, 0.15) is 0 Å². The van der Waals surface area contributed by atoms with Crippen molar-refractivity contribution in [3.63, 3.8) is 0 Å². The van der Waals surface area contributed by atoms with Gasteiger partial charge in [-0.3, -0.25) is 14.6 Å². The van der Waals surface area contributed by atoms with Crippen molar-refractivity contribution in [1.29, 1.82) is 0 Å². The Balaban J connectivity index is 1.43. The summed E-state index contributed by atoms with van der Waals surface area (Å²) in [5, 5.41) is 3.27. The summed E-state index contributed by atoms with van der Waals surface area (Å²) in [6.45, 7) is 0.913. The van der Waals surface area contributed by atoms with Crippen LogP contribution in [0.3, 0.4) is 0 Å². The highest BCUT2D eigenvalue weighted by atomic mass is 79.9. The van der Waals surface area contributed by atoms with Crippen LogP contribution in [0.15, 0.2) is 53.1 Å². The predicted octanol–water partition coefficient (Wildman–Crippen LogP) is 3.39. The lowest BCUT2D eigenvalue weighted by atomic mass is 9.71. The molecule has 1 aliphatic heterocycles. The minimum atomic E-state index is -0.300. The third-order valence-corrected chi connectivity index (χ3v) is 6.10. The summed E-state index contributed by atoms with van der Waals surface area (Å²) >= 11 is 3.52. The monoisotopic (exact) mass is 427 g/mol. The van der Waals surface area contributed by atoms with E-state index in [4.69, 9.17) is 0 Å². The minimum absolute atomic E-state index is 0.0194. The normalized spacial score (nSPS) is 21.0. The van der Waals surface area contributed by atoms with Gasteiger partial charge >= 0.3 is 0 Å². The van der Waals surface area contributed by atoms with Crippen LogP contribution in [0, 0.1) is 5.92 Å². The minimum Gasteiger partial charge on any atom is -0.346 e. The molecule has 27 heavy (non-hydrogen) atoms. The number of benzene rings is 1. The van der Waals surface area contributed by atoms with Crippen LogP contribution >= 0.6 is 15.9 Å². The maximum absolute atomic E-state index is 12.9. The van der Waals surface area contributed by atoms with E-state index in [0.717, 1.165) is 35.0 Å². The molecule has 140 valence electrons. The third kappa shape index (κ3) is 3.76. The average molecular weight is 428 g/mol. The molecule has 1 unspecified atom stereocenters. The summed E-state index contributed by atoms with van der Waals surface area (Å²) < 4.78 is 1.01. The van der Waals surface area contributed by atoms with Crippen LogP contribution in [-0.2, 0) is 21.7 Å². The zero-order valence-electron chi connectivity index (χ0n) is 15.0. The van der Waals surface area contributed by atoms with E-state index in [1.165, 1.54) is 0 Å². The highest BCUT2D eigenvalue weighted by Crippen LogP contribution is 2.42. The molecule has 5 nitrogen and oxygen atoms in total. The van der Waals surface area contributed by atoms with Gasteiger partial charge in [-0.1, -0.05) is 34.1 Å². The van der Waals surface area contributed by atoms with Crippen LogP contribution in [0.25, 0.3) is 0 Å². The topological polar surface area (TPSA) is 62.3 Å². The number of amides is 2. The summed E-state index contributed by atoms with van der Waals surface area (Å²) in [7, 11) is 0. The van der Waals surface area contributed by atoms with Crippen molar-refractivity contribution < 1.29 is 9.59 Å². The van der Waals surface area contributed by atoms with Gasteiger partial charge in [-0.05, 0) is 49.1 Å². The SMILES string of the molecule is O=C(NC1(c2cccc(Br)c2)CCC1)C1CC(=O)N(Cc2ccccn2)C1. The van der Waals surface area contributed by atoms with Crippen molar-refractivity contribution in [2.45, 2.75) is 37.8 Å². The lowest BCUT2D eigenvalue weighted by Crippen LogP contribution is -2.52. The van der Waals surface area contributed by atoms with Gasteiger partial charge in [0.2, 0.25) is 11.8 Å². The highest BCUT2D eigenvalue weighted by Gasteiger charge is 2.43. The maximum Gasteiger partial charge on any atom is 0.226 e. The molecule has 1 saturated carbocycles. The summed E-state index contributed by atoms with van der Waals surface area (Å²) in [6, 6.07) is 13.8. The zero-order chi connectivity index (χ0) is 18.9. The number of likely N-dealkylation sites (tertiary alicyclic amines) is 1. The molecule has 1 aromatic heterocycles. The van der Waals surface area contributed by atoms with E-state index in [-0.39, 0.29) is 29.7 Å². The molecule has 2 heterocycles. The van der Waals surface area contributed by atoms with Crippen LogP contribution < -0.4 is 5.32 Å². The Hall–Kier alpha value is -2.21. The number of carbonyl (C=O) groups excluding carboxylic acids is 2. The van der Waals surface area contributed by atoms with Gasteiger partial charge in [0.05, 0.1) is 23.7 Å². The fourth-order valence-electron chi connectivity index (χ4n) is 3.93. The molecule has 0 spiro atoms. The molecule has 1 N–H and O–H groups in total. The quantitative estimate of drug-likeness (QED) is 0.795. The molecule has 1 aromatic carbocycles. The van der Waals surface area contributed by atoms with Crippen molar-refractivity contribution in [2.75, 3.05) is 6.54 Å². The van der Waals surface area contributed by atoms with E-state index in [0.29, 0.717) is 13.1 Å². The zero-order valence-corrected chi connectivity index (χ0v) is 16.6. The maximum atomic E-state index is 12.9. The summed E-state index contributed by atoms with van der Waals surface area (Å²) in [5.74, 6) is -0.302. The largest absolute Gasteiger partial charge is 0.346 e. The first kappa shape index (κ1) is 18.2. The van der Waals surface area contributed by atoms with E-state index in [9.17, 15) is 9.59 Å². The van der Waals surface area contributed by atoms with Gasteiger partial charge in [-0.25, -0.2) is 0 Å². The molecule has 6 heteroatoms. The second-order valence-corrected chi connectivity index (χ2v) is 8.35. The molecule has 1 aliphatic carbocycles. The molecular formula is C21H22BrN3O2. The predicted molar refractivity (Wildman–Crippen MR) is 106 cm³/mol. The standard InChI is InChI=1S/C21H22BrN3O2/c22-17-6-3-5-16(12-17)21(8-4-9-21)24-20(27)15-11-19(26)25(13-15)14-18-7-1-2-10-23-18/h1-3,5-7,10,12,15H,4,8-9,11,13-14H2,(H,24,27). The fourth-order valence-corrected chi connectivity index (χ4v) is 4.33. The molecule has 2 fully saturated rings. The van der Waals surface area contributed by atoms with Crippen molar-refractivity contribution >= 4 is 27.7 Å². The van der Waals surface area contributed by atoms with E-state index in [2.05, 4.69) is 38.4 Å². The number of aromatic nitrogens is 1. The number of hydrogen-bond acceptors (Lipinski definition) is 3. The Kier molecular flexibility index (Phi) is 5.00. The Bertz CT molecular complexity index is 852. The Labute approximate surface area is 167 Å². The summed E-state index contributed by atoms with van der Waals surface area (Å²) in [5.41, 5.74) is 1.68. The molecule has 0 bridgehead atoms. The lowest BCUT2D eigenvalue weighted by Gasteiger charge is -2.43. The second kappa shape index (κ2) is 7.43. The third-order valence-electron chi connectivity index (χ3n) is 5.61. The van der Waals surface area contributed by atoms with Gasteiger partial charge < -0.3 is 10.2 Å². The van der Waals surface area contributed by atoms with Gasteiger partial charge in [0, 0.05) is 23.6 Å². The number of pyridine rings is 1. The number of hydrogen-bond donors (Lipinski definition) is 1. The van der Waals surface area contributed by atoms with Gasteiger partial charge in [-0.15, -0.1) is 0 Å². The van der Waals surface area contributed by atoms with E-state index < -0.39 is 0 Å².